The fraction of sp³-hybridized carbons (Fsp3) is 0.136. The predicted octanol–water partition coefficient (Wildman–Crippen LogP) is 4.21. The van der Waals surface area contributed by atoms with Crippen LogP contribution < -0.4 is 4.72 Å². The largest absolute Gasteiger partial charge is 0.337 e. The summed E-state index contributed by atoms with van der Waals surface area (Å²) in [6, 6.07) is 19.1. The number of nitrogens with one attached hydrogen (secondary N) is 1. The van der Waals surface area contributed by atoms with Crippen molar-refractivity contribution in [2.45, 2.75) is 18.4 Å². The maximum atomic E-state index is 13.1. The van der Waals surface area contributed by atoms with Gasteiger partial charge in [-0.25, -0.2) is 12.8 Å². The van der Waals surface area contributed by atoms with Crippen molar-refractivity contribution < 1.29 is 17.6 Å². The highest BCUT2D eigenvalue weighted by atomic mass is 32.2. The maximum Gasteiger partial charge on any atom is 0.262 e. The zero-order chi connectivity index (χ0) is 21.0. The van der Waals surface area contributed by atoms with Crippen molar-refractivity contribution >= 4 is 21.6 Å². The lowest BCUT2D eigenvalue weighted by Gasteiger charge is -2.18. The second-order valence-corrected chi connectivity index (χ2v) is 8.39. The first kappa shape index (κ1) is 20.5. The first-order valence-corrected chi connectivity index (χ1v) is 10.4. The molecule has 0 aliphatic carbocycles. The van der Waals surface area contributed by atoms with Gasteiger partial charge in [-0.2, -0.15) is 0 Å². The van der Waals surface area contributed by atoms with E-state index in [9.17, 15) is 17.6 Å². The minimum atomic E-state index is -3.94. The van der Waals surface area contributed by atoms with Crippen LogP contribution in [0.5, 0.6) is 0 Å². The molecule has 5 nitrogen and oxygen atoms in total. The summed E-state index contributed by atoms with van der Waals surface area (Å²) in [6.45, 7) is 2.06. The second kappa shape index (κ2) is 8.45. The molecule has 0 heterocycles. The molecule has 150 valence electrons. The lowest BCUT2D eigenvalue weighted by atomic mass is 10.1. The van der Waals surface area contributed by atoms with Crippen molar-refractivity contribution in [3.63, 3.8) is 0 Å². The van der Waals surface area contributed by atoms with Crippen LogP contribution in [-0.2, 0) is 16.6 Å². The number of amides is 1. The monoisotopic (exact) mass is 412 g/mol. The Kier molecular flexibility index (Phi) is 5.98. The van der Waals surface area contributed by atoms with Gasteiger partial charge in [0.1, 0.15) is 5.82 Å². The molecule has 0 aromatic heterocycles. The molecule has 0 aliphatic rings. The van der Waals surface area contributed by atoms with Crippen molar-refractivity contribution in [2.24, 2.45) is 0 Å². The maximum absolute atomic E-state index is 13.1. The van der Waals surface area contributed by atoms with E-state index in [0.29, 0.717) is 12.1 Å². The molecule has 1 N–H and O–H groups in total. The molecule has 0 saturated carbocycles. The Balaban J connectivity index is 1.85. The van der Waals surface area contributed by atoms with Gasteiger partial charge in [0.2, 0.25) is 0 Å². The van der Waals surface area contributed by atoms with Gasteiger partial charge >= 0.3 is 0 Å². The Morgan fingerprint density at radius 3 is 2.31 bits per heavy atom. The molecule has 0 atom stereocenters. The number of anilines is 1. The van der Waals surface area contributed by atoms with Crippen LogP contribution in [-0.4, -0.2) is 26.3 Å². The number of benzene rings is 3. The van der Waals surface area contributed by atoms with E-state index in [0.717, 1.165) is 5.56 Å². The first-order valence-electron chi connectivity index (χ1n) is 8.95. The quantitative estimate of drug-likeness (QED) is 0.660. The van der Waals surface area contributed by atoms with Crippen LogP contribution in [0.3, 0.4) is 0 Å². The van der Waals surface area contributed by atoms with E-state index < -0.39 is 15.8 Å². The zero-order valence-corrected chi connectivity index (χ0v) is 16.9. The highest BCUT2D eigenvalue weighted by molar-refractivity contribution is 7.92. The Hall–Kier alpha value is -3.19. The zero-order valence-electron chi connectivity index (χ0n) is 16.1. The predicted molar refractivity (Wildman–Crippen MR) is 111 cm³/mol. The van der Waals surface area contributed by atoms with Crippen LogP contribution in [0.25, 0.3) is 0 Å². The van der Waals surface area contributed by atoms with Gasteiger partial charge in [0, 0.05) is 24.8 Å². The molecule has 3 aromatic rings. The number of halogens is 1. The minimum absolute atomic E-state index is 0.000728. The van der Waals surface area contributed by atoms with Gasteiger partial charge in [-0.05, 0) is 54.4 Å². The molecule has 0 bridgehead atoms. The third-order valence-electron chi connectivity index (χ3n) is 4.43. The van der Waals surface area contributed by atoms with E-state index in [1.54, 1.807) is 26.1 Å². The SMILES string of the molecule is Cc1ccc(C(=O)N(C)Cc2ccccc2)cc1S(=O)(=O)Nc1ccc(F)cc1. The molecule has 0 fully saturated rings. The summed E-state index contributed by atoms with van der Waals surface area (Å²) in [4.78, 5) is 14.3. The number of nitrogens with zero attached hydrogens (tertiary/aromatic N) is 1. The van der Waals surface area contributed by atoms with Crippen molar-refractivity contribution in [3.05, 3.63) is 95.3 Å². The Morgan fingerprint density at radius 1 is 1.00 bits per heavy atom. The molecule has 0 saturated heterocycles. The van der Waals surface area contributed by atoms with Crippen LogP contribution in [0.2, 0.25) is 0 Å². The molecule has 1 amide bonds. The number of sulfonamides is 1. The van der Waals surface area contributed by atoms with E-state index in [1.165, 1.54) is 35.2 Å². The van der Waals surface area contributed by atoms with Crippen LogP contribution >= 0.6 is 0 Å². The molecule has 3 aromatic carbocycles. The van der Waals surface area contributed by atoms with E-state index in [4.69, 9.17) is 0 Å². The standard InChI is InChI=1S/C22H21FN2O3S/c1-16-8-9-18(22(26)25(2)15-17-6-4-3-5-7-17)14-21(16)29(27,28)24-20-12-10-19(23)11-13-20/h3-14,24H,15H2,1-2H3. The fourth-order valence-corrected chi connectivity index (χ4v) is 4.23. The van der Waals surface area contributed by atoms with E-state index in [-0.39, 0.29) is 22.1 Å². The Morgan fingerprint density at radius 2 is 1.66 bits per heavy atom. The highest BCUT2D eigenvalue weighted by Crippen LogP contribution is 2.22. The highest BCUT2D eigenvalue weighted by Gasteiger charge is 2.21. The third-order valence-corrected chi connectivity index (χ3v) is 5.95. The molecule has 29 heavy (non-hydrogen) atoms. The van der Waals surface area contributed by atoms with Crippen molar-refractivity contribution in [1.82, 2.24) is 4.90 Å². The molecule has 0 spiro atoms. The summed E-state index contributed by atoms with van der Waals surface area (Å²) < 4.78 is 41.1. The van der Waals surface area contributed by atoms with Gasteiger partial charge in [-0.3, -0.25) is 9.52 Å². The molecule has 3 rings (SSSR count). The number of aryl methyl sites for hydroxylation is 1. The van der Waals surface area contributed by atoms with Crippen molar-refractivity contribution in [3.8, 4) is 0 Å². The molecule has 0 unspecified atom stereocenters. The topological polar surface area (TPSA) is 66.5 Å². The summed E-state index contributed by atoms with van der Waals surface area (Å²) in [6.07, 6.45) is 0. The molecule has 0 radical (unpaired) electrons. The number of carbonyl (C=O) groups excluding carboxylic acids is 1. The number of carbonyl (C=O) groups is 1. The van der Waals surface area contributed by atoms with Crippen LogP contribution in [0.4, 0.5) is 10.1 Å². The molecule has 7 heteroatoms. The van der Waals surface area contributed by atoms with Crippen molar-refractivity contribution in [1.29, 1.82) is 0 Å². The first-order chi connectivity index (χ1) is 13.8. The molecular weight excluding hydrogens is 391 g/mol. The second-order valence-electron chi connectivity index (χ2n) is 6.74. The fourth-order valence-electron chi connectivity index (χ4n) is 2.90. The van der Waals surface area contributed by atoms with Crippen molar-refractivity contribution in [2.75, 3.05) is 11.8 Å². The molecular formula is C22H21FN2O3S. The average molecular weight is 412 g/mol. The van der Waals surface area contributed by atoms with Gasteiger partial charge in [-0.1, -0.05) is 36.4 Å². The summed E-state index contributed by atoms with van der Waals surface area (Å²) in [5.74, 6) is -0.745. The van der Waals surface area contributed by atoms with E-state index >= 15 is 0 Å². The van der Waals surface area contributed by atoms with E-state index in [2.05, 4.69) is 4.72 Å². The molecule has 0 aliphatic heterocycles. The lowest BCUT2D eigenvalue weighted by molar-refractivity contribution is 0.0785. The van der Waals surface area contributed by atoms with Crippen LogP contribution in [0, 0.1) is 12.7 Å². The smallest absolute Gasteiger partial charge is 0.262 e. The van der Waals surface area contributed by atoms with Gasteiger partial charge in [0.15, 0.2) is 0 Å². The summed E-state index contributed by atoms with van der Waals surface area (Å²) in [7, 11) is -2.27. The van der Waals surface area contributed by atoms with Gasteiger partial charge in [-0.15, -0.1) is 0 Å². The van der Waals surface area contributed by atoms with Crippen LogP contribution in [0.15, 0.2) is 77.7 Å². The summed E-state index contributed by atoms with van der Waals surface area (Å²) >= 11 is 0. The number of hydrogen-bond acceptors (Lipinski definition) is 3. The van der Waals surface area contributed by atoms with Gasteiger partial charge in [0.25, 0.3) is 15.9 Å². The Labute approximate surface area is 169 Å². The lowest BCUT2D eigenvalue weighted by Crippen LogP contribution is -2.26. The number of hydrogen-bond donors (Lipinski definition) is 1. The van der Waals surface area contributed by atoms with Gasteiger partial charge < -0.3 is 4.90 Å². The average Bonchev–Trinajstić information content (AvgIpc) is 2.70. The Bertz CT molecular complexity index is 1110. The van der Waals surface area contributed by atoms with Crippen LogP contribution in [0.1, 0.15) is 21.5 Å². The van der Waals surface area contributed by atoms with Gasteiger partial charge in [0.05, 0.1) is 4.90 Å². The minimum Gasteiger partial charge on any atom is -0.337 e. The normalized spacial score (nSPS) is 11.1. The summed E-state index contributed by atoms with van der Waals surface area (Å²) in [5, 5.41) is 0. The third kappa shape index (κ3) is 5.00. The number of rotatable bonds is 6. The summed E-state index contributed by atoms with van der Waals surface area (Å²) in [5.41, 5.74) is 1.99. The van der Waals surface area contributed by atoms with E-state index in [1.807, 2.05) is 30.3 Å².